The highest BCUT2D eigenvalue weighted by molar-refractivity contribution is 7.12. The SMILES string of the molecule is COC(=O)c1cccc(NCc2cc(C)c(C)s2)c1N. The average molecular weight is 290 g/mol. The van der Waals surface area contributed by atoms with Gasteiger partial charge in [0, 0.05) is 16.3 Å². The van der Waals surface area contributed by atoms with E-state index < -0.39 is 5.97 Å². The van der Waals surface area contributed by atoms with Gasteiger partial charge in [0.25, 0.3) is 0 Å². The summed E-state index contributed by atoms with van der Waals surface area (Å²) >= 11 is 1.76. The first-order valence-corrected chi connectivity index (χ1v) is 7.11. The minimum Gasteiger partial charge on any atom is -0.465 e. The summed E-state index contributed by atoms with van der Waals surface area (Å²) in [5.41, 5.74) is 8.85. The molecule has 2 aromatic rings. The second-order valence-electron chi connectivity index (χ2n) is 4.56. The molecule has 2 rings (SSSR count). The van der Waals surface area contributed by atoms with Gasteiger partial charge in [0.05, 0.1) is 24.0 Å². The minimum atomic E-state index is -0.422. The standard InChI is InChI=1S/C15H18N2O2S/c1-9-7-11(20-10(9)2)8-17-13-6-4-5-12(14(13)16)15(18)19-3/h4-7,17H,8,16H2,1-3H3. The monoisotopic (exact) mass is 290 g/mol. The number of aryl methyl sites for hydroxylation is 2. The molecule has 1 aromatic carbocycles. The van der Waals surface area contributed by atoms with E-state index >= 15 is 0 Å². The summed E-state index contributed by atoms with van der Waals surface area (Å²) in [7, 11) is 1.35. The largest absolute Gasteiger partial charge is 0.465 e. The Hall–Kier alpha value is -2.01. The molecule has 1 aromatic heterocycles. The average Bonchev–Trinajstić information content (AvgIpc) is 2.76. The maximum atomic E-state index is 11.6. The van der Waals surface area contributed by atoms with Crippen LogP contribution in [0.2, 0.25) is 0 Å². The van der Waals surface area contributed by atoms with Crippen LogP contribution in [0.1, 0.15) is 25.7 Å². The number of hydrogen-bond acceptors (Lipinski definition) is 5. The molecule has 106 valence electrons. The molecule has 5 heteroatoms. The van der Waals surface area contributed by atoms with Crippen molar-refractivity contribution in [2.75, 3.05) is 18.2 Å². The lowest BCUT2D eigenvalue weighted by Crippen LogP contribution is -2.09. The van der Waals surface area contributed by atoms with Crippen molar-refractivity contribution >= 4 is 28.7 Å². The van der Waals surface area contributed by atoms with E-state index in [4.69, 9.17) is 10.5 Å². The number of benzene rings is 1. The third-order valence-corrected chi connectivity index (χ3v) is 4.33. The zero-order valence-electron chi connectivity index (χ0n) is 11.8. The molecule has 0 fully saturated rings. The van der Waals surface area contributed by atoms with Crippen LogP contribution < -0.4 is 11.1 Å². The number of nitrogens with two attached hydrogens (primary N) is 1. The van der Waals surface area contributed by atoms with Crippen LogP contribution in [0, 0.1) is 13.8 Å². The van der Waals surface area contributed by atoms with Gasteiger partial charge in [-0.1, -0.05) is 6.07 Å². The van der Waals surface area contributed by atoms with Crippen molar-refractivity contribution in [1.82, 2.24) is 0 Å². The van der Waals surface area contributed by atoms with Crippen molar-refractivity contribution < 1.29 is 9.53 Å². The smallest absolute Gasteiger partial charge is 0.340 e. The molecule has 0 spiro atoms. The number of carbonyl (C=O) groups excluding carboxylic acids is 1. The van der Waals surface area contributed by atoms with E-state index in [1.54, 1.807) is 23.5 Å². The van der Waals surface area contributed by atoms with Crippen molar-refractivity contribution in [3.63, 3.8) is 0 Å². The zero-order valence-corrected chi connectivity index (χ0v) is 12.6. The van der Waals surface area contributed by atoms with Crippen molar-refractivity contribution in [3.8, 4) is 0 Å². The van der Waals surface area contributed by atoms with Gasteiger partial charge in [0.15, 0.2) is 0 Å². The maximum Gasteiger partial charge on any atom is 0.340 e. The maximum absolute atomic E-state index is 11.6. The number of esters is 1. The lowest BCUT2D eigenvalue weighted by molar-refractivity contribution is 0.0602. The van der Waals surface area contributed by atoms with E-state index in [1.807, 2.05) is 6.07 Å². The third-order valence-electron chi connectivity index (χ3n) is 3.18. The number of para-hydroxylation sites is 1. The Kier molecular flexibility index (Phi) is 4.29. The van der Waals surface area contributed by atoms with Crippen LogP contribution in [0.4, 0.5) is 11.4 Å². The van der Waals surface area contributed by atoms with Crippen molar-refractivity contribution in [2.45, 2.75) is 20.4 Å². The second kappa shape index (κ2) is 5.96. The number of nitrogens with one attached hydrogen (secondary N) is 1. The lowest BCUT2D eigenvalue weighted by Gasteiger charge is -2.11. The second-order valence-corrected chi connectivity index (χ2v) is 5.90. The molecule has 4 nitrogen and oxygen atoms in total. The van der Waals surface area contributed by atoms with Gasteiger partial charge in [-0.3, -0.25) is 0 Å². The molecule has 0 amide bonds. The summed E-state index contributed by atoms with van der Waals surface area (Å²) in [6, 6.07) is 7.46. The quantitative estimate of drug-likeness (QED) is 0.669. The molecular weight excluding hydrogens is 272 g/mol. The van der Waals surface area contributed by atoms with Crippen LogP contribution >= 0.6 is 11.3 Å². The van der Waals surface area contributed by atoms with E-state index in [9.17, 15) is 4.79 Å². The van der Waals surface area contributed by atoms with E-state index in [0.29, 0.717) is 17.8 Å². The van der Waals surface area contributed by atoms with Gasteiger partial charge in [-0.2, -0.15) is 0 Å². The molecule has 0 radical (unpaired) electrons. The fraction of sp³-hybridized carbons (Fsp3) is 0.267. The molecule has 0 aliphatic rings. The summed E-state index contributed by atoms with van der Waals surface area (Å²) in [6.45, 7) is 4.89. The van der Waals surface area contributed by atoms with Crippen LogP contribution in [0.15, 0.2) is 24.3 Å². The van der Waals surface area contributed by atoms with Gasteiger partial charge >= 0.3 is 5.97 Å². The normalized spacial score (nSPS) is 10.3. The summed E-state index contributed by atoms with van der Waals surface area (Å²) in [5, 5.41) is 3.27. The first-order chi connectivity index (χ1) is 9.52. The molecule has 1 heterocycles. The van der Waals surface area contributed by atoms with Crippen LogP contribution in [-0.4, -0.2) is 13.1 Å². The Labute approximate surface area is 122 Å². The predicted octanol–water partition coefficient (Wildman–Crippen LogP) is 3.35. The third kappa shape index (κ3) is 2.93. The minimum absolute atomic E-state index is 0.385. The molecule has 20 heavy (non-hydrogen) atoms. The zero-order chi connectivity index (χ0) is 14.7. The van der Waals surface area contributed by atoms with Crippen LogP contribution in [0.25, 0.3) is 0 Å². The fourth-order valence-electron chi connectivity index (χ4n) is 1.93. The lowest BCUT2D eigenvalue weighted by atomic mass is 10.1. The van der Waals surface area contributed by atoms with E-state index in [-0.39, 0.29) is 0 Å². The number of hydrogen-bond donors (Lipinski definition) is 2. The summed E-state index contributed by atoms with van der Waals surface area (Å²) < 4.78 is 4.71. The Morgan fingerprint density at radius 3 is 2.75 bits per heavy atom. The summed E-state index contributed by atoms with van der Waals surface area (Å²) in [4.78, 5) is 14.1. The molecule has 3 N–H and O–H groups in total. The van der Waals surface area contributed by atoms with Gasteiger partial charge < -0.3 is 15.8 Å². The van der Waals surface area contributed by atoms with Gasteiger partial charge in [-0.05, 0) is 37.6 Å². The Morgan fingerprint density at radius 1 is 1.40 bits per heavy atom. The highest BCUT2D eigenvalue weighted by Gasteiger charge is 2.12. The Balaban J connectivity index is 2.15. The van der Waals surface area contributed by atoms with Gasteiger partial charge in [0.1, 0.15) is 0 Å². The summed E-state index contributed by atoms with van der Waals surface area (Å²) in [5.74, 6) is -0.422. The Morgan fingerprint density at radius 2 is 2.15 bits per heavy atom. The van der Waals surface area contributed by atoms with E-state index in [1.165, 1.54) is 22.4 Å². The molecular formula is C15H18N2O2S. The highest BCUT2D eigenvalue weighted by Crippen LogP contribution is 2.26. The van der Waals surface area contributed by atoms with Crippen molar-refractivity contribution in [2.24, 2.45) is 0 Å². The van der Waals surface area contributed by atoms with Gasteiger partial charge in [-0.25, -0.2) is 4.79 Å². The first-order valence-electron chi connectivity index (χ1n) is 6.29. The number of carbonyl (C=O) groups is 1. The molecule has 0 aliphatic heterocycles. The van der Waals surface area contributed by atoms with Crippen LogP contribution in [-0.2, 0) is 11.3 Å². The number of rotatable bonds is 4. The highest BCUT2D eigenvalue weighted by atomic mass is 32.1. The van der Waals surface area contributed by atoms with Crippen molar-refractivity contribution in [1.29, 1.82) is 0 Å². The molecule has 0 unspecified atom stereocenters. The van der Waals surface area contributed by atoms with Crippen molar-refractivity contribution in [3.05, 3.63) is 45.1 Å². The topological polar surface area (TPSA) is 64.3 Å². The number of thiophene rings is 1. The number of methoxy groups -OCH3 is 1. The molecule has 0 aliphatic carbocycles. The molecule has 0 saturated heterocycles. The number of anilines is 2. The van der Waals surface area contributed by atoms with Crippen LogP contribution in [0.3, 0.4) is 0 Å². The first kappa shape index (κ1) is 14.4. The van der Waals surface area contributed by atoms with Gasteiger partial charge in [-0.15, -0.1) is 11.3 Å². The number of nitrogen functional groups attached to an aromatic ring is 1. The van der Waals surface area contributed by atoms with Crippen LogP contribution in [0.5, 0.6) is 0 Å². The summed E-state index contributed by atoms with van der Waals surface area (Å²) in [6.07, 6.45) is 0. The predicted molar refractivity (Wildman–Crippen MR) is 83.3 cm³/mol. The molecule has 0 bridgehead atoms. The fourth-order valence-corrected chi connectivity index (χ4v) is 2.92. The van der Waals surface area contributed by atoms with Gasteiger partial charge in [0.2, 0.25) is 0 Å². The molecule has 0 atom stereocenters. The van der Waals surface area contributed by atoms with E-state index in [0.717, 1.165) is 5.69 Å². The van der Waals surface area contributed by atoms with E-state index in [2.05, 4.69) is 25.2 Å². The molecule has 0 saturated carbocycles. The Bertz CT molecular complexity index is 615. The number of ether oxygens (including phenoxy) is 1.